The van der Waals surface area contributed by atoms with Crippen molar-refractivity contribution in [3.05, 3.63) is 57.6 Å². The summed E-state index contributed by atoms with van der Waals surface area (Å²) in [5.41, 5.74) is 1.68. The fraction of sp³-hybridized carbons (Fsp3) is 0.444. The Hall–Kier alpha value is -2.97. The number of fused-ring (bicyclic) bond motifs is 1. The van der Waals surface area contributed by atoms with Crippen molar-refractivity contribution in [2.75, 3.05) is 37.6 Å². The van der Waals surface area contributed by atoms with Gasteiger partial charge in [-0.05, 0) is 75.2 Å². The Labute approximate surface area is 214 Å². The molecule has 1 aliphatic carbocycles. The average Bonchev–Trinajstić information content (AvgIpc) is 3.10. The molecule has 5 rings (SSSR count). The van der Waals surface area contributed by atoms with Gasteiger partial charge in [-0.1, -0.05) is 18.5 Å². The summed E-state index contributed by atoms with van der Waals surface area (Å²) < 4.78 is 15.2. The Bertz CT molecular complexity index is 1340. The summed E-state index contributed by atoms with van der Waals surface area (Å²) in [5, 5.41) is 3.38. The molecule has 1 saturated carbocycles. The number of amides is 1. The monoisotopic (exact) mass is 511 g/mol. The van der Waals surface area contributed by atoms with Crippen LogP contribution < -0.4 is 15.8 Å². The molecule has 3 aromatic rings. The molecule has 190 valence electrons. The Kier molecular flexibility index (Phi) is 7.25. The van der Waals surface area contributed by atoms with E-state index in [-0.39, 0.29) is 29.1 Å². The Balaban J connectivity index is 1.56. The van der Waals surface area contributed by atoms with Gasteiger partial charge in [0.05, 0.1) is 15.9 Å². The van der Waals surface area contributed by atoms with E-state index in [1.807, 2.05) is 18.2 Å². The van der Waals surface area contributed by atoms with Crippen molar-refractivity contribution in [2.45, 2.75) is 45.2 Å². The van der Waals surface area contributed by atoms with Gasteiger partial charge in [-0.15, -0.1) is 0 Å². The van der Waals surface area contributed by atoms with E-state index < -0.39 is 5.82 Å². The molecule has 2 aliphatic rings. The third kappa shape index (κ3) is 5.11. The first-order valence-corrected chi connectivity index (χ1v) is 13.1. The summed E-state index contributed by atoms with van der Waals surface area (Å²) in [6.07, 6.45) is 4.05. The molecule has 1 aliphatic heterocycles. The van der Waals surface area contributed by atoms with E-state index in [1.165, 1.54) is 22.8 Å². The van der Waals surface area contributed by atoms with Gasteiger partial charge < -0.3 is 15.1 Å². The standard InChI is InChI=1S/C27H31ClFN5O2/c1-2-32-11-4-12-33(14-13-32)20-8-10-24-21(16-20)27(36)34(17-25(35)30-19-5-3-6-19)26(31-24)18-7-9-23(29)22(28)15-18/h7-10,15-16,19H,2-6,11-14,17H2,1H3,(H,30,35). The van der Waals surface area contributed by atoms with Crippen LogP contribution in [0.5, 0.6) is 0 Å². The third-order valence-electron chi connectivity index (χ3n) is 7.29. The number of nitrogens with zero attached hydrogens (tertiary/aromatic N) is 4. The Morgan fingerprint density at radius 3 is 2.67 bits per heavy atom. The van der Waals surface area contributed by atoms with Gasteiger partial charge in [0.25, 0.3) is 5.56 Å². The number of hydrogen-bond acceptors (Lipinski definition) is 5. The summed E-state index contributed by atoms with van der Waals surface area (Å²) in [7, 11) is 0. The van der Waals surface area contributed by atoms with E-state index in [0.29, 0.717) is 22.3 Å². The first kappa shape index (κ1) is 24.7. The van der Waals surface area contributed by atoms with Crippen LogP contribution in [0.2, 0.25) is 5.02 Å². The van der Waals surface area contributed by atoms with Crippen LogP contribution in [0.25, 0.3) is 22.3 Å². The summed E-state index contributed by atoms with van der Waals surface area (Å²) in [6.45, 7) is 6.88. The normalized spacial score (nSPS) is 17.1. The summed E-state index contributed by atoms with van der Waals surface area (Å²) in [4.78, 5) is 36.1. The first-order valence-electron chi connectivity index (χ1n) is 12.7. The fourth-order valence-electron chi connectivity index (χ4n) is 4.92. The van der Waals surface area contributed by atoms with Crippen LogP contribution in [-0.4, -0.2) is 59.1 Å². The molecule has 0 atom stereocenters. The molecule has 2 aromatic carbocycles. The SMILES string of the molecule is CCN1CCCN(c2ccc3nc(-c4ccc(F)c(Cl)c4)n(CC(=O)NC4CCC4)c(=O)c3c2)CC1. The topological polar surface area (TPSA) is 70.5 Å². The maximum Gasteiger partial charge on any atom is 0.262 e. The minimum Gasteiger partial charge on any atom is -0.370 e. The molecule has 1 aromatic heterocycles. The molecule has 0 bridgehead atoms. The highest BCUT2D eigenvalue weighted by Gasteiger charge is 2.22. The number of hydrogen-bond donors (Lipinski definition) is 1. The molecule has 1 N–H and O–H groups in total. The first-order chi connectivity index (χ1) is 17.4. The summed E-state index contributed by atoms with van der Waals surface area (Å²) >= 11 is 6.04. The van der Waals surface area contributed by atoms with E-state index in [0.717, 1.165) is 64.1 Å². The van der Waals surface area contributed by atoms with Gasteiger partial charge in [0, 0.05) is 36.9 Å². The smallest absolute Gasteiger partial charge is 0.262 e. The lowest BCUT2D eigenvalue weighted by molar-refractivity contribution is -0.122. The number of benzene rings is 2. The highest BCUT2D eigenvalue weighted by molar-refractivity contribution is 6.31. The maximum absolute atomic E-state index is 13.9. The highest BCUT2D eigenvalue weighted by Crippen LogP contribution is 2.27. The van der Waals surface area contributed by atoms with Gasteiger partial charge in [0.1, 0.15) is 18.2 Å². The summed E-state index contributed by atoms with van der Waals surface area (Å²) in [5.74, 6) is -0.499. The lowest BCUT2D eigenvalue weighted by atomic mass is 9.93. The van der Waals surface area contributed by atoms with E-state index >= 15 is 0 Å². The molecule has 7 nitrogen and oxygen atoms in total. The quantitative estimate of drug-likeness (QED) is 0.540. The van der Waals surface area contributed by atoms with Gasteiger partial charge in [-0.3, -0.25) is 14.2 Å². The van der Waals surface area contributed by atoms with Crippen LogP contribution >= 0.6 is 11.6 Å². The fourth-order valence-corrected chi connectivity index (χ4v) is 5.10. The molecule has 1 saturated heterocycles. The van der Waals surface area contributed by atoms with Gasteiger partial charge in [-0.2, -0.15) is 0 Å². The summed E-state index contributed by atoms with van der Waals surface area (Å²) in [6, 6.07) is 10.1. The van der Waals surface area contributed by atoms with Gasteiger partial charge in [-0.25, -0.2) is 9.37 Å². The Morgan fingerprint density at radius 1 is 1.11 bits per heavy atom. The number of carbonyl (C=O) groups excluding carboxylic acids is 1. The number of aromatic nitrogens is 2. The number of likely N-dealkylation sites (N-methyl/N-ethyl adjacent to an activating group) is 1. The van der Waals surface area contributed by atoms with Crippen molar-refractivity contribution in [2.24, 2.45) is 0 Å². The molecule has 9 heteroatoms. The number of rotatable bonds is 6. The second-order valence-electron chi connectivity index (χ2n) is 9.63. The molecule has 0 spiro atoms. The molecular weight excluding hydrogens is 481 g/mol. The molecule has 36 heavy (non-hydrogen) atoms. The second-order valence-corrected chi connectivity index (χ2v) is 10.0. The van der Waals surface area contributed by atoms with Crippen LogP contribution in [0.15, 0.2) is 41.2 Å². The molecule has 2 fully saturated rings. The lowest BCUT2D eigenvalue weighted by Crippen LogP contribution is -2.42. The number of anilines is 1. The molecule has 1 amide bonds. The molecule has 0 radical (unpaired) electrons. The second kappa shape index (κ2) is 10.6. The predicted molar refractivity (Wildman–Crippen MR) is 141 cm³/mol. The van der Waals surface area contributed by atoms with Crippen molar-refractivity contribution >= 4 is 34.1 Å². The zero-order chi connectivity index (χ0) is 25.2. The van der Waals surface area contributed by atoms with Gasteiger partial charge in [0.15, 0.2) is 0 Å². The van der Waals surface area contributed by atoms with Crippen molar-refractivity contribution in [1.29, 1.82) is 0 Å². The maximum atomic E-state index is 13.9. The van der Waals surface area contributed by atoms with Crippen LogP contribution in [0.4, 0.5) is 10.1 Å². The van der Waals surface area contributed by atoms with Crippen molar-refractivity contribution < 1.29 is 9.18 Å². The predicted octanol–water partition coefficient (Wildman–Crippen LogP) is 4.06. The van der Waals surface area contributed by atoms with Crippen LogP contribution in [-0.2, 0) is 11.3 Å². The van der Waals surface area contributed by atoms with Crippen molar-refractivity contribution in [1.82, 2.24) is 19.8 Å². The number of carbonyl (C=O) groups is 1. The molecule has 2 heterocycles. The average molecular weight is 512 g/mol. The third-order valence-corrected chi connectivity index (χ3v) is 7.58. The lowest BCUT2D eigenvalue weighted by Gasteiger charge is -2.26. The van der Waals surface area contributed by atoms with Crippen LogP contribution in [0.3, 0.4) is 0 Å². The van der Waals surface area contributed by atoms with E-state index in [4.69, 9.17) is 16.6 Å². The zero-order valence-electron chi connectivity index (χ0n) is 20.5. The van der Waals surface area contributed by atoms with Gasteiger partial charge >= 0.3 is 0 Å². The van der Waals surface area contributed by atoms with Gasteiger partial charge in [0.2, 0.25) is 5.91 Å². The molecular formula is C27H31ClFN5O2. The van der Waals surface area contributed by atoms with Crippen LogP contribution in [0.1, 0.15) is 32.6 Å². The highest BCUT2D eigenvalue weighted by atomic mass is 35.5. The Morgan fingerprint density at radius 2 is 1.94 bits per heavy atom. The number of nitrogens with one attached hydrogen (secondary N) is 1. The van der Waals surface area contributed by atoms with E-state index in [1.54, 1.807) is 0 Å². The van der Waals surface area contributed by atoms with Crippen molar-refractivity contribution in [3.8, 4) is 11.4 Å². The minimum absolute atomic E-state index is 0.0649. The van der Waals surface area contributed by atoms with E-state index in [2.05, 4.69) is 22.0 Å². The zero-order valence-corrected chi connectivity index (χ0v) is 21.2. The molecule has 0 unspecified atom stereocenters. The van der Waals surface area contributed by atoms with E-state index in [9.17, 15) is 14.0 Å². The largest absolute Gasteiger partial charge is 0.370 e. The van der Waals surface area contributed by atoms with Crippen LogP contribution in [0, 0.1) is 5.82 Å². The minimum atomic E-state index is -0.554. The number of halogens is 2. The van der Waals surface area contributed by atoms with Crippen molar-refractivity contribution in [3.63, 3.8) is 0 Å².